The molecule has 1 amide bonds. The predicted octanol–water partition coefficient (Wildman–Crippen LogP) is 0.782. The van der Waals surface area contributed by atoms with Crippen molar-refractivity contribution in [3.05, 3.63) is 36.2 Å². The molecule has 13 heavy (non-hydrogen) atoms. The lowest BCUT2D eigenvalue weighted by atomic mass is 10.3. The van der Waals surface area contributed by atoms with Gasteiger partial charge in [0.05, 0.1) is 18.0 Å². The molecule has 0 unspecified atom stereocenters. The number of carbonyl (C=O) groups is 1. The van der Waals surface area contributed by atoms with Gasteiger partial charge in [-0.3, -0.25) is 4.79 Å². The number of allylic oxidation sites excluding steroid dienone is 1. The Morgan fingerprint density at radius 3 is 3.08 bits per heavy atom. The second-order valence-electron chi connectivity index (χ2n) is 2.41. The average Bonchev–Trinajstić information content (AvgIpc) is 2.19. The number of aromatic nitrogens is 2. The Kier molecular flexibility index (Phi) is 3.63. The molecule has 1 heterocycles. The standard InChI is InChI=1S/C9H11N3O/c1-2-3-5-10-9(13)8-4-6-11-12-7-8/h2-4,6-7H,5H2,1H3,(H,10,13)/b3-2+. The van der Waals surface area contributed by atoms with Crippen LogP contribution in [0.5, 0.6) is 0 Å². The van der Waals surface area contributed by atoms with E-state index in [1.165, 1.54) is 12.4 Å². The van der Waals surface area contributed by atoms with Crippen molar-refractivity contribution in [3.8, 4) is 0 Å². The van der Waals surface area contributed by atoms with Gasteiger partial charge in [-0.05, 0) is 13.0 Å². The van der Waals surface area contributed by atoms with E-state index in [0.29, 0.717) is 12.1 Å². The summed E-state index contributed by atoms with van der Waals surface area (Å²) < 4.78 is 0. The zero-order valence-electron chi connectivity index (χ0n) is 7.40. The number of nitrogens with zero attached hydrogens (tertiary/aromatic N) is 2. The first-order chi connectivity index (χ1) is 6.34. The average molecular weight is 177 g/mol. The van der Waals surface area contributed by atoms with Crippen LogP contribution in [0.2, 0.25) is 0 Å². The predicted molar refractivity (Wildman–Crippen MR) is 49.2 cm³/mol. The molecule has 0 fully saturated rings. The van der Waals surface area contributed by atoms with Gasteiger partial charge in [-0.2, -0.15) is 10.2 Å². The highest BCUT2D eigenvalue weighted by Crippen LogP contribution is 1.92. The van der Waals surface area contributed by atoms with Crippen molar-refractivity contribution in [2.45, 2.75) is 6.92 Å². The fourth-order valence-electron chi connectivity index (χ4n) is 0.797. The molecule has 1 aromatic rings. The molecule has 0 spiro atoms. The van der Waals surface area contributed by atoms with Gasteiger partial charge in [0.2, 0.25) is 0 Å². The molecular formula is C9H11N3O. The Morgan fingerprint density at radius 1 is 1.62 bits per heavy atom. The summed E-state index contributed by atoms with van der Waals surface area (Å²) in [6.07, 6.45) is 6.67. The van der Waals surface area contributed by atoms with E-state index in [-0.39, 0.29) is 5.91 Å². The first kappa shape index (κ1) is 9.38. The van der Waals surface area contributed by atoms with Crippen LogP contribution in [0.3, 0.4) is 0 Å². The number of hydrogen-bond donors (Lipinski definition) is 1. The smallest absolute Gasteiger partial charge is 0.253 e. The van der Waals surface area contributed by atoms with Crippen LogP contribution < -0.4 is 5.32 Å². The van der Waals surface area contributed by atoms with Crippen molar-refractivity contribution < 1.29 is 4.79 Å². The quantitative estimate of drug-likeness (QED) is 0.694. The third-order valence-electron chi connectivity index (χ3n) is 1.46. The molecule has 0 aliphatic heterocycles. The Morgan fingerprint density at radius 2 is 2.46 bits per heavy atom. The molecule has 1 rings (SSSR count). The van der Waals surface area contributed by atoms with E-state index >= 15 is 0 Å². The molecular weight excluding hydrogens is 166 g/mol. The van der Waals surface area contributed by atoms with Gasteiger partial charge in [-0.1, -0.05) is 12.2 Å². The highest BCUT2D eigenvalue weighted by molar-refractivity contribution is 5.93. The van der Waals surface area contributed by atoms with E-state index in [1.807, 2.05) is 19.1 Å². The summed E-state index contributed by atoms with van der Waals surface area (Å²) in [5.74, 6) is -0.131. The first-order valence-corrected chi connectivity index (χ1v) is 4.00. The number of rotatable bonds is 3. The highest BCUT2D eigenvalue weighted by Gasteiger charge is 2.01. The molecule has 0 bridgehead atoms. The fourth-order valence-corrected chi connectivity index (χ4v) is 0.797. The van der Waals surface area contributed by atoms with Crippen molar-refractivity contribution in [1.82, 2.24) is 15.5 Å². The minimum Gasteiger partial charge on any atom is -0.349 e. The molecule has 0 atom stereocenters. The Bertz CT molecular complexity index is 295. The second-order valence-corrected chi connectivity index (χ2v) is 2.41. The normalized spacial score (nSPS) is 10.2. The summed E-state index contributed by atoms with van der Waals surface area (Å²) in [5, 5.41) is 9.89. The van der Waals surface area contributed by atoms with Crippen LogP contribution in [-0.4, -0.2) is 22.6 Å². The summed E-state index contributed by atoms with van der Waals surface area (Å²) in [6.45, 7) is 2.44. The number of nitrogens with one attached hydrogen (secondary N) is 1. The Balaban J connectivity index is 2.49. The van der Waals surface area contributed by atoms with Crippen LogP contribution in [0, 0.1) is 0 Å². The minimum absolute atomic E-state index is 0.131. The maximum Gasteiger partial charge on any atom is 0.253 e. The maximum absolute atomic E-state index is 11.3. The van der Waals surface area contributed by atoms with Gasteiger partial charge < -0.3 is 5.32 Å². The summed E-state index contributed by atoms with van der Waals surface area (Å²) in [7, 11) is 0. The molecule has 0 aromatic carbocycles. The van der Waals surface area contributed by atoms with Crippen LogP contribution in [-0.2, 0) is 0 Å². The van der Waals surface area contributed by atoms with E-state index in [9.17, 15) is 4.79 Å². The second kappa shape index (κ2) is 5.03. The number of amides is 1. The van der Waals surface area contributed by atoms with E-state index in [0.717, 1.165) is 0 Å². The molecule has 0 saturated carbocycles. The first-order valence-electron chi connectivity index (χ1n) is 4.00. The molecule has 1 aromatic heterocycles. The van der Waals surface area contributed by atoms with Crippen LogP contribution in [0.4, 0.5) is 0 Å². The van der Waals surface area contributed by atoms with Gasteiger partial charge in [-0.25, -0.2) is 0 Å². The summed E-state index contributed by atoms with van der Waals surface area (Å²) in [6, 6.07) is 1.62. The highest BCUT2D eigenvalue weighted by atomic mass is 16.1. The van der Waals surface area contributed by atoms with Crippen LogP contribution in [0.15, 0.2) is 30.6 Å². The molecule has 0 aliphatic rings. The van der Waals surface area contributed by atoms with Gasteiger partial charge >= 0.3 is 0 Å². The Labute approximate surface area is 76.7 Å². The van der Waals surface area contributed by atoms with Crippen LogP contribution >= 0.6 is 0 Å². The third kappa shape index (κ3) is 3.02. The van der Waals surface area contributed by atoms with Crippen molar-refractivity contribution >= 4 is 5.91 Å². The zero-order chi connectivity index (χ0) is 9.52. The maximum atomic E-state index is 11.3. The van der Waals surface area contributed by atoms with Gasteiger partial charge in [0.1, 0.15) is 0 Å². The van der Waals surface area contributed by atoms with Crippen molar-refractivity contribution in [1.29, 1.82) is 0 Å². The monoisotopic (exact) mass is 177 g/mol. The molecule has 0 radical (unpaired) electrons. The molecule has 68 valence electrons. The summed E-state index contributed by atoms with van der Waals surface area (Å²) in [4.78, 5) is 11.3. The van der Waals surface area contributed by atoms with Gasteiger partial charge in [0.15, 0.2) is 0 Å². The largest absolute Gasteiger partial charge is 0.349 e. The van der Waals surface area contributed by atoms with E-state index in [1.54, 1.807) is 6.07 Å². The van der Waals surface area contributed by atoms with Crippen molar-refractivity contribution in [2.24, 2.45) is 0 Å². The van der Waals surface area contributed by atoms with E-state index in [2.05, 4.69) is 15.5 Å². The zero-order valence-corrected chi connectivity index (χ0v) is 7.40. The van der Waals surface area contributed by atoms with Crippen molar-refractivity contribution in [2.75, 3.05) is 6.54 Å². The van der Waals surface area contributed by atoms with Gasteiger partial charge in [0.25, 0.3) is 5.91 Å². The fraction of sp³-hybridized carbons (Fsp3) is 0.222. The van der Waals surface area contributed by atoms with Crippen LogP contribution in [0.1, 0.15) is 17.3 Å². The molecule has 0 aliphatic carbocycles. The number of hydrogen-bond acceptors (Lipinski definition) is 3. The van der Waals surface area contributed by atoms with Gasteiger partial charge in [0, 0.05) is 6.54 Å². The van der Waals surface area contributed by atoms with Gasteiger partial charge in [-0.15, -0.1) is 0 Å². The third-order valence-corrected chi connectivity index (χ3v) is 1.46. The molecule has 0 saturated heterocycles. The molecule has 4 nitrogen and oxygen atoms in total. The topological polar surface area (TPSA) is 54.9 Å². The van der Waals surface area contributed by atoms with E-state index in [4.69, 9.17) is 0 Å². The summed E-state index contributed by atoms with van der Waals surface area (Å²) >= 11 is 0. The van der Waals surface area contributed by atoms with E-state index < -0.39 is 0 Å². The van der Waals surface area contributed by atoms with Crippen molar-refractivity contribution in [3.63, 3.8) is 0 Å². The SMILES string of the molecule is C/C=C/CNC(=O)c1ccnnc1. The summed E-state index contributed by atoms with van der Waals surface area (Å²) in [5.41, 5.74) is 0.527. The molecule has 4 heteroatoms. The Hall–Kier alpha value is -1.71. The lowest BCUT2D eigenvalue weighted by molar-refractivity contribution is 0.0957. The molecule has 1 N–H and O–H groups in total. The number of carbonyl (C=O) groups excluding carboxylic acids is 1. The lowest BCUT2D eigenvalue weighted by Crippen LogP contribution is -2.23. The minimum atomic E-state index is -0.131. The lowest BCUT2D eigenvalue weighted by Gasteiger charge is -1.99. The van der Waals surface area contributed by atoms with Crippen LogP contribution in [0.25, 0.3) is 0 Å².